The number of nitrogens with one attached hydrogen (secondary N) is 1. The molecule has 6 nitrogen and oxygen atoms in total. The van der Waals surface area contributed by atoms with Crippen LogP contribution in [0.2, 0.25) is 0 Å². The predicted molar refractivity (Wildman–Crippen MR) is 125 cm³/mol. The Labute approximate surface area is 189 Å². The van der Waals surface area contributed by atoms with Crippen molar-refractivity contribution < 1.29 is 23.1 Å². The first-order chi connectivity index (χ1) is 15.9. The van der Waals surface area contributed by atoms with Crippen molar-refractivity contribution >= 4 is 34.0 Å². The number of allylic oxidation sites excluding steroid dienone is 1. The standard InChI is InChI=1S/C26H21FN2O4/c1-15(10-25(30)29-19-5-3-4-17(11-19)26(28)31)20-12-21-22(16-6-8-18(27)9-7-16)14-33-24(21)13-23(20)32-2/h3-14H,1-2H3,(H2,28,31)(H,29,30)/b15-10+. The fraction of sp³-hybridized carbons (Fsp3) is 0.0769. The van der Waals surface area contributed by atoms with Crippen molar-refractivity contribution in [3.63, 3.8) is 0 Å². The van der Waals surface area contributed by atoms with Gasteiger partial charge in [0.2, 0.25) is 11.8 Å². The molecular formula is C26H21FN2O4. The summed E-state index contributed by atoms with van der Waals surface area (Å²) in [7, 11) is 1.54. The summed E-state index contributed by atoms with van der Waals surface area (Å²) < 4.78 is 24.5. The lowest BCUT2D eigenvalue weighted by Gasteiger charge is -2.10. The minimum Gasteiger partial charge on any atom is -0.496 e. The molecule has 0 saturated carbocycles. The summed E-state index contributed by atoms with van der Waals surface area (Å²) in [6.07, 6.45) is 3.05. The highest BCUT2D eigenvalue weighted by atomic mass is 19.1. The average molecular weight is 444 g/mol. The van der Waals surface area contributed by atoms with Crippen LogP contribution in [0.3, 0.4) is 0 Å². The van der Waals surface area contributed by atoms with Gasteiger partial charge in [0.15, 0.2) is 0 Å². The van der Waals surface area contributed by atoms with Crippen LogP contribution in [0.15, 0.2) is 77.4 Å². The van der Waals surface area contributed by atoms with Crippen molar-refractivity contribution in [1.82, 2.24) is 0 Å². The van der Waals surface area contributed by atoms with Gasteiger partial charge in [-0.05, 0) is 54.5 Å². The van der Waals surface area contributed by atoms with Crippen LogP contribution in [0.5, 0.6) is 5.75 Å². The van der Waals surface area contributed by atoms with Crippen molar-refractivity contribution in [2.75, 3.05) is 12.4 Å². The molecule has 0 aliphatic carbocycles. The first-order valence-corrected chi connectivity index (χ1v) is 10.1. The first kappa shape index (κ1) is 21.8. The summed E-state index contributed by atoms with van der Waals surface area (Å²) >= 11 is 0. The largest absolute Gasteiger partial charge is 0.496 e. The number of benzene rings is 3. The molecule has 0 radical (unpaired) electrons. The van der Waals surface area contributed by atoms with Crippen molar-refractivity contribution in [2.24, 2.45) is 5.73 Å². The quantitative estimate of drug-likeness (QED) is 0.390. The lowest BCUT2D eigenvalue weighted by atomic mass is 9.99. The highest BCUT2D eigenvalue weighted by Crippen LogP contribution is 2.37. The zero-order chi connectivity index (χ0) is 23.5. The Balaban J connectivity index is 1.68. The summed E-state index contributed by atoms with van der Waals surface area (Å²) in [5.74, 6) is -0.727. The Bertz CT molecular complexity index is 1390. The highest BCUT2D eigenvalue weighted by Gasteiger charge is 2.15. The van der Waals surface area contributed by atoms with Crippen molar-refractivity contribution in [2.45, 2.75) is 6.92 Å². The molecular weight excluding hydrogens is 423 g/mol. The Morgan fingerprint density at radius 3 is 2.55 bits per heavy atom. The van der Waals surface area contributed by atoms with Crippen LogP contribution in [0.25, 0.3) is 27.7 Å². The van der Waals surface area contributed by atoms with Gasteiger partial charge in [0, 0.05) is 39.9 Å². The van der Waals surface area contributed by atoms with E-state index in [1.807, 2.05) is 6.07 Å². The van der Waals surface area contributed by atoms with E-state index in [-0.39, 0.29) is 11.7 Å². The predicted octanol–water partition coefficient (Wildman–Crippen LogP) is 5.39. The molecule has 1 heterocycles. The number of methoxy groups -OCH3 is 1. The number of hydrogen-bond acceptors (Lipinski definition) is 4. The van der Waals surface area contributed by atoms with Gasteiger partial charge in [0.05, 0.1) is 13.4 Å². The third-order valence-corrected chi connectivity index (χ3v) is 5.24. The maximum Gasteiger partial charge on any atom is 0.248 e. The number of halogens is 1. The molecule has 4 rings (SSSR count). The SMILES string of the molecule is COc1cc2occ(-c3ccc(F)cc3)c2cc1/C(C)=C/C(=O)Nc1cccc(C(N)=O)c1. The number of hydrogen-bond donors (Lipinski definition) is 2. The number of rotatable bonds is 6. The van der Waals surface area contributed by atoms with Crippen LogP contribution >= 0.6 is 0 Å². The molecule has 3 aromatic carbocycles. The fourth-order valence-electron chi connectivity index (χ4n) is 3.59. The second-order valence-corrected chi connectivity index (χ2v) is 7.47. The minimum absolute atomic E-state index is 0.300. The van der Waals surface area contributed by atoms with Gasteiger partial charge in [-0.25, -0.2) is 4.39 Å². The van der Waals surface area contributed by atoms with Gasteiger partial charge in [-0.3, -0.25) is 9.59 Å². The zero-order valence-electron chi connectivity index (χ0n) is 18.0. The zero-order valence-corrected chi connectivity index (χ0v) is 18.0. The normalized spacial score (nSPS) is 11.4. The summed E-state index contributed by atoms with van der Waals surface area (Å²) in [5, 5.41) is 3.54. The fourth-order valence-corrected chi connectivity index (χ4v) is 3.59. The third kappa shape index (κ3) is 4.62. The van der Waals surface area contributed by atoms with Gasteiger partial charge in [0.1, 0.15) is 17.1 Å². The van der Waals surface area contributed by atoms with Crippen LogP contribution in [0, 0.1) is 5.82 Å². The Morgan fingerprint density at radius 2 is 1.85 bits per heavy atom. The van der Waals surface area contributed by atoms with Crippen LogP contribution < -0.4 is 15.8 Å². The molecule has 0 bridgehead atoms. The van der Waals surface area contributed by atoms with Gasteiger partial charge < -0.3 is 20.2 Å². The molecule has 166 valence electrons. The second-order valence-electron chi connectivity index (χ2n) is 7.47. The topological polar surface area (TPSA) is 94.6 Å². The van der Waals surface area contributed by atoms with Crippen LogP contribution in [-0.2, 0) is 4.79 Å². The molecule has 4 aromatic rings. The van der Waals surface area contributed by atoms with E-state index in [1.54, 1.807) is 49.6 Å². The summed E-state index contributed by atoms with van der Waals surface area (Å²) in [6, 6.07) is 16.2. The van der Waals surface area contributed by atoms with Gasteiger partial charge in [-0.2, -0.15) is 0 Å². The maximum absolute atomic E-state index is 13.3. The molecule has 0 unspecified atom stereocenters. The average Bonchev–Trinajstić information content (AvgIpc) is 3.21. The molecule has 3 N–H and O–H groups in total. The van der Waals surface area contributed by atoms with Crippen molar-refractivity contribution in [1.29, 1.82) is 0 Å². The van der Waals surface area contributed by atoms with Crippen molar-refractivity contribution in [3.8, 4) is 16.9 Å². The Hall–Kier alpha value is -4.39. The van der Waals surface area contributed by atoms with Crippen LogP contribution in [0.1, 0.15) is 22.8 Å². The minimum atomic E-state index is -0.576. The summed E-state index contributed by atoms with van der Waals surface area (Å²) in [6.45, 7) is 1.79. The van der Waals surface area contributed by atoms with Gasteiger partial charge in [-0.1, -0.05) is 18.2 Å². The molecule has 0 saturated heterocycles. The molecule has 0 aliphatic heterocycles. The summed E-state index contributed by atoms with van der Waals surface area (Å²) in [4.78, 5) is 24.0. The summed E-state index contributed by atoms with van der Waals surface area (Å²) in [5.41, 5.74) is 9.62. The number of primary amides is 1. The molecule has 2 amide bonds. The lowest BCUT2D eigenvalue weighted by Crippen LogP contribution is -2.13. The van der Waals surface area contributed by atoms with E-state index in [2.05, 4.69) is 5.32 Å². The molecule has 7 heteroatoms. The number of carbonyl (C=O) groups excluding carboxylic acids is 2. The van der Waals surface area contributed by atoms with E-state index >= 15 is 0 Å². The van der Waals surface area contributed by atoms with Crippen LogP contribution in [-0.4, -0.2) is 18.9 Å². The molecule has 0 fully saturated rings. The van der Waals surface area contributed by atoms with Crippen molar-refractivity contribution in [3.05, 3.63) is 89.9 Å². The van der Waals surface area contributed by atoms with E-state index in [9.17, 15) is 14.0 Å². The smallest absolute Gasteiger partial charge is 0.248 e. The molecule has 0 atom stereocenters. The monoisotopic (exact) mass is 444 g/mol. The molecule has 0 spiro atoms. The maximum atomic E-state index is 13.3. The first-order valence-electron chi connectivity index (χ1n) is 10.1. The number of carbonyl (C=O) groups is 2. The number of amides is 2. The highest BCUT2D eigenvalue weighted by molar-refractivity contribution is 6.06. The molecule has 1 aromatic heterocycles. The van der Waals surface area contributed by atoms with E-state index in [4.69, 9.17) is 14.9 Å². The second kappa shape index (κ2) is 9.00. The number of nitrogens with two attached hydrogens (primary N) is 1. The van der Waals surface area contributed by atoms with Crippen LogP contribution in [0.4, 0.5) is 10.1 Å². The number of fused-ring (bicyclic) bond motifs is 1. The number of ether oxygens (including phenoxy) is 1. The Morgan fingerprint density at radius 1 is 1.09 bits per heavy atom. The van der Waals surface area contributed by atoms with Gasteiger partial charge >= 0.3 is 0 Å². The number of anilines is 1. The lowest BCUT2D eigenvalue weighted by molar-refractivity contribution is -0.111. The molecule has 33 heavy (non-hydrogen) atoms. The van der Waals surface area contributed by atoms with E-state index in [0.717, 1.165) is 16.5 Å². The third-order valence-electron chi connectivity index (χ3n) is 5.24. The van der Waals surface area contributed by atoms with E-state index < -0.39 is 5.91 Å². The van der Waals surface area contributed by atoms with Gasteiger partial charge in [0.25, 0.3) is 0 Å². The number of furan rings is 1. The van der Waals surface area contributed by atoms with Gasteiger partial charge in [-0.15, -0.1) is 0 Å². The van der Waals surface area contributed by atoms with E-state index in [0.29, 0.717) is 33.7 Å². The Kier molecular flexibility index (Phi) is 5.95. The van der Waals surface area contributed by atoms with E-state index in [1.165, 1.54) is 31.4 Å². The molecule has 0 aliphatic rings.